The van der Waals surface area contributed by atoms with Crippen LogP contribution in [-0.4, -0.2) is 27.1 Å². The number of benzene rings is 1. The lowest BCUT2D eigenvalue weighted by atomic mass is 10.1. The Labute approximate surface area is 171 Å². The van der Waals surface area contributed by atoms with Crippen LogP contribution in [0.1, 0.15) is 30.2 Å². The Morgan fingerprint density at radius 2 is 2.00 bits per heavy atom. The van der Waals surface area contributed by atoms with Gasteiger partial charge in [-0.25, -0.2) is 9.97 Å². The number of hydrogen-bond donors (Lipinski definition) is 2. The molecule has 0 atom stereocenters. The summed E-state index contributed by atoms with van der Waals surface area (Å²) in [6, 6.07) is 8.26. The Balaban J connectivity index is 1.61. The number of hydrogen-bond acceptors (Lipinski definition) is 6. The summed E-state index contributed by atoms with van der Waals surface area (Å²) in [6.45, 7) is 3.91. The minimum atomic E-state index is -0.184. The number of thiazole rings is 1. The van der Waals surface area contributed by atoms with Gasteiger partial charge in [0.1, 0.15) is 0 Å². The molecular weight excluding hydrogens is 392 g/mol. The molecule has 146 valence electrons. The molecule has 1 aromatic carbocycles. The summed E-state index contributed by atoms with van der Waals surface area (Å²) in [7, 11) is 0. The normalized spacial score (nSPS) is 10.8. The van der Waals surface area contributed by atoms with E-state index in [1.54, 1.807) is 6.92 Å². The Hall–Kier alpha value is -2.45. The quantitative estimate of drug-likeness (QED) is 0.450. The van der Waals surface area contributed by atoms with E-state index in [1.165, 1.54) is 28.7 Å². The topological polar surface area (TPSA) is 87.7 Å². The fourth-order valence-corrected chi connectivity index (χ4v) is 3.93. The first-order valence-corrected chi connectivity index (χ1v) is 11.1. The van der Waals surface area contributed by atoms with E-state index in [2.05, 4.69) is 39.3 Å². The van der Waals surface area contributed by atoms with Crippen molar-refractivity contribution in [1.82, 2.24) is 15.0 Å². The molecule has 2 heterocycles. The van der Waals surface area contributed by atoms with Gasteiger partial charge in [-0.15, -0.1) is 11.3 Å². The van der Waals surface area contributed by atoms with Crippen LogP contribution in [-0.2, 0) is 17.6 Å². The van der Waals surface area contributed by atoms with Gasteiger partial charge in [0.25, 0.3) is 5.56 Å². The maximum absolute atomic E-state index is 12.3. The maximum Gasteiger partial charge on any atom is 0.254 e. The van der Waals surface area contributed by atoms with E-state index in [1.807, 2.05) is 23.8 Å². The van der Waals surface area contributed by atoms with Crippen molar-refractivity contribution < 1.29 is 4.79 Å². The number of rotatable bonds is 7. The molecule has 0 saturated carbocycles. The first kappa shape index (κ1) is 20.3. The van der Waals surface area contributed by atoms with Gasteiger partial charge in [0.05, 0.1) is 5.69 Å². The third kappa shape index (κ3) is 4.88. The number of amides is 1. The van der Waals surface area contributed by atoms with E-state index >= 15 is 0 Å². The minimum Gasteiger partial charge on any atom is -0.302 e. The van der Waals surface area contributed by atoms with Crippen molar-refractivity contribution >= 4 is 34.1 Å². The zero-order chi connectivity index (χ0) is 20.1. The number of aromatic amines is 1. The lowest BCUT2D eigenvalue weighted by Gasteiger charge is -2.06. The number of nitrogens with zero attached hydrogens (tertiary/aromatic N) is 2. The average Bonchev–Trinajstić information content (AvgIpc) is 3.15. The molecule has 0 aliphatic carbocycles. The van der Waals surface area contributed by atoms with Crippen LogP contribution in [0, 0.1) is 6.92 Å². The van der Waals surface area contributed by atoms with E-state index in [-0.39, 0.29) is 17.9 Å². The highest BCUT2D eigenvalue weighted by molar-refractivity contribution is 7.98. The van der Waals surface area contributed by atoms with Crippen LogP contribution in [0.25, 0.3) is 11.3 Å². The molecule has 0 bridgehead atoms. The minimum absolute atomic E-state index is 0.171. The lowest BCUT2D eigenvalue weighted by Crippen LogP contribution is -2.20. The first-order chi connectivity index (χ1) is 13.5. The number of aryl methyl sites for hydroxylation is 2. The van der Waals surface area contributed by atoms with Crippen molar-refractivity contribution in [2.75, 3.05) is 11.6 Å². The molecule has 2 N–H and O–H groups in total. The maximum atomic E-state index is 12.3. The summed E-state index contributed by atoms with van der Waals surface area (Å²) < 4.78 is 0. The van der Waals surface area contributed by atoms with E-state index in [0.717, 1.165) is 17.7 Å². The van der Waals surface area contributed by atoms with Gasteiger partial charge in [-0.3, -0.25) is 9.59 Å². The average molecular weight is 415 g/mol. The van der Waals surface area contributed by atoms with Crippen LogP contribution < -0.4 is 10.9 Å². The summed E-state index contributed by atoms with van der Waals surface area (Å²) in [4.78, 5) is 36.0. The molecule has 3 aromatic rings. The molecular formula is C20H22N4O2S2. The van der Waals surface area contributed by atoms with Crippen LogP contribution >= 0.6 is 23.1 Å². The van der Waals surface area contributed by atoms with Crippen LogP contribution in [0.3, 0.4) is 0 Å². The van der Waals surface area contributed by atoms with Gasteiger partial charge < -0.3 is 10.3 Å². The smallest absolute Gasteiger partial charge is 0.254 e. The van der Waals surface area contributed by atoms with E-state index < -0.39 is 0 Å². The summed E-state index contributed by atoms with van der Waals surface area (Å²) in [5.41, 5.74) is 4.16. The molecule has 0 unspecified atom stereocenters. The Bertz CT molecular complexity index is 1030. The third-order valence-electron chi connectivity index (χ3n) is 4.40. The molecule has 6 nitrogen and oxygen atoms in total. The van der Waals surface area contributed by atoms with Crippen LogP contribution in [0.5, 0.6) is 0 Å². The second-order valence-electron chi connectivity index (χ2n) is 6.28. The highest BCUT2D eigenvalue weighted by atomic mass is 32.2. The molecule has 8 heteroatoms. The van der Waals surface area contributed by atoms with Crippen LogP contribution in [0.2, 0.25) is 0 Å². The number of aromatic nitrogens is 3. The molecule has 0 aliphatic heterocycles. The Kier molecular flexibility index (Phi) is 6.64. The van der Waals surface area contributed by atoms with Crippen molar-refractivity contribution in [2.24, 2.45) is 0 Å². The van der Waals surface area contributed by atoms with Crippen molar-refractivity contribution in [3.8, 4) is 11.3 Å². The number of thioether (sulfide) groups is 1. The summed E-state index contributed by atoms with van der Waals surface area (Å²) in [5, 5.41) is 5.88. The highest BCUT2D eigenvalue weighted by Crippen LogP contribution is 2.25. The molecule has 3 rings (SSSR count). The van der Waals surface area contributed by atoms with Crippen molar-refractivity contribution in [2.45, 2.75) is 38.3 Å². The number of anilines is 1. The monoisotopic (exact) mass is 414 g/mol. The van der Waals surface area contributed by atoms with Crippen molar-refractivity contribution in [3.05, 3.63) is 56.8 Å². The summed E-state index contributed by atoms with van der Waals surface area (Å²) >= 11 is 2.77. The second-order valence-corrected chi connectivity index (χ2v) is 7.93. The van der Waals surface area contributed by atoms with E-state index in [9.17, 15) is 9.59 Å². The molecule has 2 aromatic heterocycles. The Morgan fingerprint density at radius 1 is 1.25 bits per heavy atom. The predicted octanol–water partition coefficient (Wildman–Crippen LogP) is 4.06. The first-order valence-electron chi connectivity index (χ1n) is 8.98. The molecule has 0 fully saturated rings. The van der Waals surface area contributed by atoms with Gasteiger partial charge in [0.2, 0.25) is 5.91 Å². The van der Waals surface area contributed by atoms with Gasteiger partial charge in [-0.1, -0.05) is 43.0 Å². The Morgan fingerprint density at radius 3 is 2.64 bits per heavy atom. The number of carbonyl (C=O) groups excluding carboxylic acids is 1. The molecule has 0 spiro atoms. The standard InChI is InChI=1S/C20H22N4O2S2/c1-4-13-5-7-14(8-6-13)16-11-28-20(22-16)23-17(25)10-9-15-12(2)21-19(27-3)24-18(15)26/h5-8,11H,4,9-10H2,1-3H3,(H,21,24,26)(H,22,23,25). The molecule has 0 saturated heterocycles. The van der Waals surface area contributed by atoms with E-state index in [4.69, 9.17) is 0 Å². The predicted molar refractivity (Wildman–Crippen MR) is 115 cm³/mol. The fourth-order valence-electron chi connectivity index (χ4n) is 2.77. The lowest BCUT2D eigenvalue weighted by molar-refractivity contribution is -0.116. The van der Waals surface area contributed by atoms with Crippen LogP contribution in [0.4, 0.5) is 5.13 Å². The SMILES string of the molecule is CCc1ccc(-c2csc(NC(=O)CCc3c(C)nc(SC)[nH]c3=O)n2)cc1. The van der Waals surface area contributed by atoms with Gasteiger partial charge >= 0.3 is 0 Å². The highest BCUT2D eigenvalue weighted by Gasteiger charge is 2.12. The van der Waals surface area contributed by atoms with Crippen LogP contribution in [0.15, 0.2) is 39.6 Å². The number of H-pyrrole nitrogens is 1. The third-order valence-corrected chi connectivity index (χ3v) is 5.74. The molecule has 0 radical (unpaired) electrons. The zero-order valence-corrected chi connectivity index (χ0v) is 17.7. The van der Waals surface area contributed by atoms with Gasteiger partial charge in [0, 0.05) is 28.6 Å². The molecule has 1 amide bonds. The van der Waals surface area contributed by atoms with Crippen molar-refractivity contribution in [3.63, 3.8) is 0 Å². The largest absolute Gasteiger partial charge is 0.302 e. The summed E-state index contributed by atoms with van der Waals surface area (Å²) in [6.07, 6.45) is 3.39. The number of nitrogens with one attached hydrogen (secondary N) is 2. The zero-order valence-electron chi connectivity index (χ0n) is 16.0. The van der Waals surface area contributed by atoms with Gasteiger partial charge in [-0.05, 0) is 31.6 Å². The molecule has 0 aliphatic rings. The summed E-state index contributed by atoms with van der Waals surface area (Å²) in [5.74, 6) is -0.171. The molecule has 28 heavy (non-hydrogen) atoms. The van der Waals surface area contributed by atoms with Gasteiger partial charge in [-0.2, -0.15) is 0 Å². The fraction of sp³-hybridized carbons (Fsp3) is 0.300. The second kappa shape index (κ2) is 9.16. The van der Waals surface area contributed by atoms with Gasteiger partial charge in [0.15, 0.2) is 10.3 Å². The van der Waals surface area contributed by atoms with Crippen molar-refractivity contribution in [1.29, 1.82) is 0 Å². The van der Waals surface area contributed by atoms with E-state index in [0.29, 0.717) is 28.0 Å². The number of carbonyl (C=O) groups is 1.